The van der Waals surface area contributed by atoms with Gasteiger partial charge in [-0.3, -0.25) is 4.90 Å². The van der Waals surface area contributed by atoms with E-state index < -0.39 is 0 Å². The molecule has 3 heteroatoms. The standard InChI is InChI=1S/C13H20BrNO/c1-13(2,10-14)15(3)9-11-7-5-6-8-12(11)16-4/h5-8H,9-10H2,1-4H3. The minimum absolute atomic E-state index is 0.140. The molecule has 0 saturated carbocycles. The molecule has 0 amide bonds. The van der Waals surface area contributed by atoms with E-state index >= 15 is 0 Å². The molecule has 0 unspecified atom stereocenters. The van der Waals surface area contributed by atoms with Crippen molar-refractivity contribution in [1.82, 2.24) is 4.90 Å². The molecule has 0 bridgehead atoms. The molecular formula is C13H20BrNO. The van der Waals surface area contributed by atoms with Crippen LogP contribution in [0.25, 0.3) is 0 Å². The first-order valence-electron chi connectivity index (χ1n) is 5.40. The Morgan fingerprint density at radius 1 is 1.31 bits per heavy atom. The van der Waals surface area contributed by atoms with Gasteiger partial charge in [0.2, 0.25) is 0 Å². The van der Waals surface area contributed by atoms with E-state index in [1.807, 2.05) is 18.2 Å². The number of para-hydroxylation sites is 1. The molecule has 0 radical (unpaired) electrons. The van der Waals surface area contributed by atoms with E-state index in [9.17, 15) is 0 Å². The molecule has 0 aliphatic heterocycles. The van der Waals surface area contributed by atoms with Gasteiger partial charge in [-0.05, 0) is 27.0 Å². The maximum absolute atomic E-state index is 5.35. The molecule has 0 aliphatic rings. The Morgan fingerprint density at radius 2 is 1.94 bits per heavy atom. The number of methoxy groups -OCH3 is 1. The summed E-state index contributed by atoms with van der Waals surface area (Å²) in [6.07, 6.45) is 0. The molecule has 0 heterocycles. The predicted molar refractivity (Wildman–Crippen MR) is 72.3 cm³/mol. The third-order valence-corrected chi connectivity index (χ3v) is 4.33. The number of hydrogen-bond acceptors (Lipinski definition) is 2. The maximum atomic E-state index is 5.35. The predicted octanol–water partition coefficient (Wildman–Crippen LogP) is 3.30. The fourth-order valence-corrected chi connectivity index (χ4v) is 1.83. The second-order valence-corrected chi connectivity index (χ2v) is 5.17. The molecule has 0 spiro atoms. The summed E-state index contributed by atoms with van der Waals surface area (Å²) >= 11 is 3.55. The molecule has 2 nitrogen and oxygen atoms in total. The van der Waals surface area contributed by atoms with Crippen molar-refractivity contribution in [2.45, 2.75) is 25.9 Å². The van der Waals surface area contributed by atoms with Crippen LogP contribution in [-0.4, -0.2) is 29.9 Å². The average Bonchev–Trinajstić information content (AvgIpc) is 2.29. The number of hydrogen-bond donors (Lipinski definition) is 0. The molecular weight excluding hydrogens is 266 g/mol. The molecule has 90 valence electrons. The largest absolute Gasteiger partial charge is 0.496 e. The molecule has 0 saturated heterocycles. The third-order valence-electron chi connectivity index (χ3n) is 2.96. The lowest BCUT2D eigenvalue weighted by Gasteiger charge is -2.34. The van der Waals surface area contributed by atoms with Gasteiger partial charge >= 0.3 is 0 Å². The fourth-order valence-electron chi connectivity index (χ4n) is 1.41. The summed E-state index contributed by atoms with van der Waals surface area (Å²) < 4.78 is 5.35. The molecule has 0 aromatic heterocycles. The van der Waals surface area contributed by atoms with E-state index in [1.54, 1.807) is 7.11 Å². The van der Waals surface area contributed by atoms with E-state index in [0.29, 0.717) is 0 Å². The second-order valence-electron chi connectivity index (χ2n) is 4.61. The monoisotopic (exact) mass is 285 g/mol. The van der Waals surface area contributed by atoms with Crippen LogP contribution in [0.2, 0.25) is 0 Å². The Morgan fingerprint density at radius 3 is 2.50 bits per heavy atom. The lowest BCUT2D eigenvalue weighted by Crippen LogP contribution is -2.42. The highest BCUT2D eigenvalue weighted by molar-refractivity contribution is 9.09. The summed E-state index contributed by atoms with van der Waals surface area (Å²) in [7, 11) is 3.85. The van der Waals surface area contributed by atoms with Crippen molar-refractivity contribution < 1.29 is 4.74 Å². The number of benzene rings is 1. The molecule has 1 aromatic rings. The van der Waals surface area contributed by atoms with Crippen LogP contribution < -0.4 is 4.74 Å². The zero-order valence-corrected chi connectivity index (χ0v) is 12.0. The van der Waals surface area contributed by atoms with Crippen LogP contribution in [0.15, 0.2) is 24.3 Å². The Bertz CT molecular complexity index is 338. The van der Waals surface area contributed by atoms with Gasteiger partial charge in [0, 0.05) is 23.0 Å². The van der Waals surface area contributed by atoms with Gasteiger partial charge in [-0.2, -0.15) is 0 Å². The van der Waals surface area contributed by atoms with Crippen molar-refractivity contribution in [2.24, 2.45) is 0 Å². The molecule has 16 heavy (non-hydrogen) atoms. The van der Waals surface area contributed by atoms with Gasteiger partial charge in [-0.25, -0.2) is 0 Å². The summed E-state index contributed by atoms with van der Waals surface area (Å²) in [5.74, 6) is 0.958. The van der Waals surface area contributed by atoms with Crippen molar-refractivity contribution in [3.63, 3.8) is 0 Å². The second kappa shape index (κ2) is 5.69. The fraction of sp³-hybridized carbons (Fsp3) is 0.538. The summed E-state index contributed by atoms with van der Waals surface area (Å²) in [6.45, 7) is 5.33. The smallest absolute Gasteiger partial charge is 0.123 e. The van der Waals surface area contributed by atoms with Crippen LogP contribution >= 0.6 is 15.9 Å². The van der Waals surface area contributed by atoms with E-state index in [1.165, 1.54) is 5.56 Å². The minimum Gasteiger partial charge on any atom is -0.496 e. The summed E-state index contributed by atoms with van der Waals surface area (Å²) in [6, 6.07) is 8.16. The van der Waals surface area contributed by atoms with Crippen molar-refractivity contribution in [1.29, 1.82) is 0 Å². The molecule has 0 aliphatic carbocycles. The Hall–Kier alpha value is -0.540. The molecule has 1 aromatic carbocycles. The SMILES string of the molecule is COc1ccccc1CN(C)C(C)(C)CBr. The molecule has 0 fully saturated rings. The first-order chi connectivity index (χ1) is 7.51. The number of nitrogens with zero attached hydrogens (tertiary/aromatic N) is 1. The lowest BCUT2D eigenvalue weighted by atomic mass is 10.1. The molecule has 1 rings (SSSR count). The van der Waals surface area contributed by atoms with Gasteiger partial charge in [0.05, 0.1) is 7.11 Å². The number of halogens is 1. The highest BCUT2D eigenvalue weighted by atomic mass is 79.9. The zero-order chi connectivity index (χ0) is 12.2. The highest BCUT2D eigenvalue weighted by Crippen LogP contribution is 2.23. The Labute approximate surface area is 107 Å². The van der Waals surface area contributed by atoms with Gasteiger partial charge in [-0.15, -0.1) is 0 Å². The first-order valence-corrected chi connectivity index (χ1v) is 6.52. The topological polar surface area (TPSA) is 12.5 Å². The van der Waals surface area contributed by atoms with Gasteiger partial charge in [0.25, 0.3) is 0 Å². The van der Waals surface area contributed by atoms with Crippen molar-refractivity contribution >= 4 is 15.9 Å². The average molecular weight is 286 g/mol. The summed E-state index contributed by atoms with van der Waals surface area (Å²) in [5.41, 5.74) is 1.36. The van der Waals surface area contributed by atoms with Crippen LogP contribution in [0, 0.1) is 0 Å². The van der Waals surface area contributed by atoms with E-state index in [-0.39, 0.29) is 5.54 Å². The van der Waals surface area contributed by atoms with Crippen molar-refractivity contribution in [2.75, 3.05) is 19.5 Å². The maximum Gasteiger partial charge on any atom is 0.123 e. The molecule has 0 N–H and O–H groups in total. The van der Waals surface area contributed by atoms with E-state index in [0.717, 1.165) is 17.6 Å². The summed E-state index contributed by atoms with van der Waals surface area (Å²) in [5, 5.41) is 0.950. The van der Waals surface area contributed by atoms with Crippen LogP contribution in [0.5, 0.6) is 5.75 Å². The van der Waals surface area contributed by atoms with E-state index in [4.69, 9.17) is 4.74 Å². The van der Waals surface area contributed by atoms with Gasteiger partial charge in [0.1, 0.15) is 5.75 Å². The minimum atomic E-state index is 0.140. The lowest BCUT2D eigenvalue weighted by molar-refractivity contribution is 0.171. The van der Waals surface area contributed by atoms with Crippen molar-refractivity contribution in [3.8, 4) is 5.75 Å². The Kier molecular flexibility index (Phi) is 4.81. The van der Waals surface area contributed by atoms with Crippen LogP contribution in [0.3, 0.4) is 0 Å². The zero-order valence-electron chi connectivity index (χ0n) is 10.5. The van der Waals surface area contributed by atoms with Gasteiger partial charge in [-0.1, -0.05) is 34.1 Å². The highest BCUT2D eigenvalue weighted by Gasteiger charge is 2.22. The van der Waals surface area contributed by atoms with Gasteiger partial charge in [0.15, 0.2) is 0 Å². The number of rotatable bonds is 5. The third kappa shape index (κ3) is 3.22. The normalized spacial score (nSPS) is 11.9. The number of alkyl halides is 1. The summed E-state index contributed by atoms with van der Waals surface area (Å²) in [4.78, 5) is 2.32. The number of ether oxygens (including phenoxy) is 1. The van der Waals surface area contributed by atoms with Crippen LogP contribution in [0.4, 0.5) is 0 Å². The van der Waals surface area contributed by atoms with E-state index in [2.05, 4.69) is 47.8 Å². The Balaban J connectivity index is 2.80. The van der Waals surface area contributed by atoms with Crippen LogP contribution in [-0.2, 0) is 6.54 Å². The van der Waals surface area contributed by atoms with Crippen LogP contribution in [0.1, 0.15) is 19.4 Å². The quantitative estimate of drug-likeness (QED) is 0.770. The molecule has 0 atom stereocenters. The first kappa shape index (κ1) is 13.5. The van der Waals surface area contributed by atoms with Crippen molar-refractivity contribution in [3.05, 3.63) is 29.8 Å². The van der Waals surface area contributed by atoms with Gasteiger partial charge < -0.3 is 4.74 Å².